The number of hydrogen-bond donors (Lipinski definition) is 1. The first-order chi connectivity index (χ1) is 5.02. The maximum atomic E-state index is 11.0. The molecule has 1 atom stereocenters. The predicted molar refractivity (Wildman–Crippen MR) is 50.4 cm³/mol. The van der Waals surface area contributed by atoms with Gasteiger partial charge in [-0.25, -0.2) is 13.1 Å². The molecule has 0 radical (unpaired) electrons. The second-order valence-electron chi connectivity index (χ2n) is 2.25. The van der Waals surface area contributed by atoms with Crippen molar-refractivity contribution in [3.05, 3.63) is 0 Å². The third-order valence-corrected chi connectivity index (χ3v) is 4.06. The van der Waals surface area contributed by atoms with Gasteiger partial charge in [0.15, 0.2) is 0 Å². The van der Waals surface area contributed by atoms with Gasteiger partial charge in [0.1, 0.15) is 0 Å². The lowest BCUT2D eigenvalue weighted by Gasteiger charge is -2.08. The van der Waals surface area contributed by atoms with E-state index in [9.17, 15) is 8.42 Å². The number of thioether (sulfide) groups is 1. The molecule has 1 N–H and O–H groups in total. The Bertz CT molecular complexity index is 189. The molecule has 0 aromatic rings. The van der Waals surface area contributed by atoms with Gasteiger partial charge in [-0.15, -0.1) is 0 Å². The average molecular weight is 197 g/mol. The summed E-state index contributed by atoms with van der Waals surface area (Å²) >= 11 is 1.65. The first kappa shape index (κ1) is 11.3. The summed E-state index contributed by atoms with van der Waals surface area (Å²) < 4.78 is 24.2. The predicted octanol–water partition coefficient (Wildman–Crippen LogP) is 0.677. The van der Waals surface area contributed by atoms with Crippen molar-refractivity contribution in [2.45, 2.75) is 19.1 Å². The van der Waals surface area contributed by atoms with E-state index in [-0.39, 0.29) is 11.0 Å². The van der Waals surface area contributed by atoms with Gasteiger partial charge in [0, 0.05) is 5.25 Å². The number of rotatable bonds is 5. The SMILES string of the molecule is CCSC(C)CS(=O)(=O)NC. The Kier molecular flexibility index (Phi) is 5.12. The summed E-state index contributed by atoms with van der Waals surface area (Å²) in [7, 11) is -1.57. The zero-order valence-corrected chi connectivity index (χ0v) is 8.76. The summed E-state index contributed by atoms with van der Waals surface area (Å²) in [5.41, 5.74) is 0. The molecule has 0 saturated carbocycles. The van der Waals surface area contributed by atoms with Crippen LogP contribution in [0, 0.1) is 0 Å². The van der Waals surface area contributed by atoms with Crippen LogP contribution in [0.1, 0.15) is 13.8 Å². The van der Waals surface area contributed by atoms with E-state index < -0.39 is 10.0 Å². The van der Waals surface area contributed by atoms with Crippen molar-refractivity contribution < 1.29 is 8.42 Å². The summed E-state index contributed by atoms with van der Waals surface area (Å²) in [5.74, 6) is 1.17. The van der Waals surface area contributed by atoms with Gasteiger partial charge in [-0.3, -0.25) is 0 Å². The molecule has 0 saturated heterocycles. The van der Waals surface area contributed by atoms with Crippen molar-refractivity contribution in [3.63, 3.8) is 0 Å². The highest BCUT2D eigenvalue weighted by Gasteiger charge is 2.12. The van der Waals surface area contributed by atoms with Crippen LogP contribution in [0.15, 0.2) is 0 Å². The Morgan fingerprint density at radius 1 is 1.55 bits per heavy atom. The van der Waals surface area contributed by atoms with Crippen LogP contribution in [0.4, 0.5) is 0 Å². The normalized spacial score (nSPS) is 14.8. The molecule has 0 aromatic heterocycles. The molecule has 0 fully saturated rings. The second-order valence-corrected chi connectivity index (χ2v) is 5.94. The molecule has 68 valence electrons. The molecule has 0 amide bonds. The van der Waals surface area contributed by atoms with Gasteiger partial charge in [0.2, 0.25) is 10.0 Å². The quantitative estimate of drug-likeness (QED) is 0.705. The Labute approximate surface area is 73.0 Å². The second kappa shape index (κ2) is 5.00. The van der Waals surface area contributed by atoms with Gasteiger partial charge in [-0.05, 0) is 12.8 Å². The van der Waals surface area contributed by atoms with Crippen LogP contribution in [0.5, 0.6) is 0 Å². The van der Waals surface area contributed by atoms with Gasteiger partial charge >= 0.3 is 0 Å². The minimum Gasteiger partial charge on any atom is -0.218 e. The fraction of sp³-hybridized carbons (Fsp3) is 1.00. The van der Waals surface area contributed by atoms with Gasteiger partial charge < -0.3 is 0 Å². The molecule has 3 nitrogen and oxygen atoms in total. The van der Waals surface area contributed by atoms with Crippen LogP contribution in [0.3, 0.4) is 0 Å². The lowest BCUT2D eigenvalue weighted by Crippen LogP contribution is -2.26. The Morgan fingerprint density at radius 2 is 2.09 bits per heavy atom. The molecule has 11 heavy (non-hydrogen) atoms. The Hall–Kier alpha value is 0.260. The van der Waals surface area contributed by atoms with Gasteiger partial charge in [-0.2, -0.15) is 11.8 Å². The van der Waals surface area contributed by atoms with E-state index >= 15 is 0 Å². The molecule has 0 bridgehead atoms. The lowest BCUT2D eigenvalue weighted by molar-refractivity contribution is 0.587. The summed E-state index contributed by atoms with van der Waals surface area (Å²) in [6.07, 6.45) is 0. The average Bonchev–Trinajstić information content (AvgIpc) is 1.87. The number of hydrogen-bond acceptors (Lipinski definition) is 3. The molecule has 0 aliphatic carbocycles. The number of nitrogens with one attached hydrogen (secondary N) is 1. The zero-order valence-electron chi connectivity index (χ0n) is 7.12. The summed E-state index contributed by atoms with van der Waals surface area (Å²) in [6.45, 7) is 3.94. The fourth-order valence-corrected chi connectivity index (χ4v) is 3.00. The van der Waals surface area contributed by atoms with Crippen molar-refractivity contribution in [3.8, 4) is 0 Å². The molecule has 0 heterocycles. The van der Waals surface area contributed by atoms with E-state index in [1.807, 2.05) is 13.8 Å². The van der Waals surface area contributed by atoms with Crippen molar-refractivity contribution in [1.29, 1.82) is 0 Å². The highest BCUT2D eigenvalue weighted by molar-refractivity contribution is 8.01. The van der Waals surface area contributed by atoms with Crippen LogP contribution < -0.4 is 4.72 Å². The molecule has 0 rings (SSSR count). The van der Waals surface area contributed by atoms with Crippen LogP contribution in [0.2, 0.25) is 0 Å². The standard InChI is InChI=1S/C6H15NO2S2/c1-4-10-6(2)5-11(8,9)7-3/h6-7H,4-5H2,1-3H3. The van der Waals surface area contributed by atoms with E-state index in [1.54, 1.807) is 11.8 Å². The zero-order chi connectivity index (χ0) is 8.91. The van der Waals surface area contributed by atoms with Gasteiger partial charge in [0.05, 0.1) is 5.75 Å². The van der Waals surface area contributed by atoms with E-state index in [0.29, 0.717) is 0 Å². The van der Waals surface area contributed by atoms with Crippen molar-refractivity contribution in [2.24, 2.45) is 0 Å². The molecule has 0 aliphatic heterocycles. The van der Waals surface area contributed by atoms with Gasteiger partial charge in [0.25, 0.3) is 0 Å². The first-order valence-electron chi connectivity index (χ1n) is 3.54. The number of sulfonamides is 1. The molecule has 1 unspecified atom stereocenters. The highest BCUT2D eigenvalue weighted by Crippen LogP contribution is 2.10. The molecule has 0 aliphatic rings. The minimum absolute atomic E-state index is 0.178. The van der Waals surface area contributed by atoms with Crippen LogP contribution in [-0.2, 0) is 10.0 Å². The monoisotopic (exact) mass is 197 g/mol. The highest BCUT2D eigenvalue weighted by atomic mass is 32.2. The minimum atomic E-state index is -3.01. The summed E-state index contributed by atoms with van der Waals surface area (Å²) in [5, 5.41) is 0.178. The lowest BCUT2D eigenvalue weighted by atomic mass is 10.6. The maximum absolute atomic E-state index is 11.0. The van der Waals surface area contributed by atoms with E-state index in [1.165, 1.54) is 7.05 Å². The van der Waals surface area contributed by atoms with Crippen LogP contribution >= 0.6 is 11.8 Å². The third kappa shape index (κ3) is 5.52. The molecule has 5 heteroatoms. The third-order valence-electron chi connectivity index (χ3n) is 1.22. The van der Waals surface area contributed by atoms with E-state index in [4.69, 9.17) is 0 Å². The Morgan fingerprint density at radius 3 is 2.45 bits per heavy atom. The van der Waals surface area contributed by atoms with Gasteiger partial charge in [-0.1, -0.05) is 13.8 Å². The molecule has 0 aromatic carbocycles. The summed E-state index contributed by atoms with van der Waals surface area (Å²) in [4.78, 5) is 0. The van der Waals surface area contributed by atoms with Crippen LogP contribution in [0.25, 0.3) is 0 Å². The largest absolute Gasteiger partial charge is 0.218 e. The van der Waals surface area contributed by atoms with Crippen molar-refractivity contribution in [2.75, 3.05) is 18.6 Å². The van der Waals surface area contributed by atoms with E-state index in [0.717, 1.165) is 5.75 Å². The summed E-state index contributed by atoms with van der Waals surface area (Å²) in [6, 6.07) is 0. The first-order valence-corrected chi connectivity index (χ1v) is 6.24. The van der Waals surface area contributed by atoms with Crippen LogP contribution in [-0.4, -0.2) is 32.2 Å². The maximum Gasteiger partial charge on any atom is 0.212 e. The Balaban J connectivity index is 3.84. The fourth-order valence-electron chi connectivity index (χ4n) is 0.725. The molecular formula is C6H15NO2S2. The van der Waals surface area contributed by atoms with Crippen molar-refractivity contribution in [1.82, 2.24) is 4.72 Å². The smallest absolute Gasteiger partial charge is 0.212 e. The topological polar surface area (TPSA) is 46.2 Å². The molecular weight excluding hydrogens is 182 g/mol. The van der Waals surface area contributed by atoms with E-state index in [2.05, 4.69) is 4.72 Å². The molecule has 0 spiro atoms. The van der Waals surface area contributed by atoms with Crippen molar-refractivity contribution >= 4 is 21.8 Å².